The van der Waals surface area contributed by atoms with Crippen LogP contribution < -0.4 is 21.3 Å². The molecule has 0 aliphatic rings. The van der Waals surface area contributed by atoms with Crippen molar-refractivity contribution in [2.45, 2.75) is 31.7 Å². The van der Waals surface area contributed by atoms with E-state index < -0.39 is 17.9 Å². The Labute approximate surface area is 205 Å². The largest absolute Gasteiger partial charge is 0.481 e. The van der Waals surface area contributed by atoms with Gasteiger partial charge in [-0.25, -0.2) is 4.79 Å². The Morgan fingerprint density at radius 1 is 0.857 bits per heavy atom. The maximum absolute atomic E-state index is 12.4. The van der Waals surface area contributed by atoms with Crippen molar-refractivity contribution in [1.82, 2.24) is 21.3 Å². The van der Waals surface area contributed by atoms with E-state index in [9.17, 15) is 24.3 Å². The molecule has 1 atom stereocenters. The summed E-state index contributed by atoms with van der Waals surface area (Å²) in [6, 6.07) is 16.1. The molecule has 0 radical (unpaired) electrons. The highest BCUT2D eigenvalue weighted by Crippen LogP contribution is 2.23. The molecule has 0 saturated carbocycles. The van der Waals surface area contributed by atoms with E-state index in [4.69, 9.17) is 0 Å². The molecular formula is C26H32N4O5. The van der Waals surface area contributed by atoms with Crippen molar-refractivity contribution in [3.63, 3.8) is 0 Å². The lowest BCUT2D eigenvalue weighted by Gasteiger charge is -2.18. The molecule has 35 heavy (non-hydrogen) atoms. The van der Waals surface area contributed by atoms with E-state index in [1.54, 1.807) is 18.2 Å². The van der Waals surface area contributed by atoms with Gasteiger partial charge >= 0.3 is 12.0 Å². The SMILES string of the molecule is C=CCNC(=O)NCCCCC(=O)NCC(=O)NC(CC(=O)O)c1ccc(-c2ccccc2)cc1. The van der Waals surface area contributed by atoms with Crippen LogP contribution in [-0.2, 0) is 14.4 Å². The van der Waals surface area contributed by atoms with Crippen molar-refractivity contribution >= 4 is 23.8 Å². The Hall–Kier alpha value is -4.14. The third kappa shape index (κ3) is 10.6. The average Bonchev–Trinajstić information content (AvgIpc) is 2.86. The summed E-state index contributed by atoms with van der Waals surface area (Å²) in [5.74, 6) is -1.81. The van der Waals surface area contributed by atoms with Crippen molar-refractivity contribution < 1.29 is 24.3 Å². The first-order valence-corrected chi connectivity index (χ1v) is 11.4. The fourth-order valence-electron chi connectivity index (χ4n) is 3.32. The highest BCUT2D eigenvalue weighted by Gasteiger charge is 2.18. The number of hydrogen-bond acceptors (Lipinski definition) is 4. The van der Waals surface area contributed by atoms with E-state index in [-0.39, 0.29) is 31.3 Å². The zero-order valence-corrected chi connectivity index (χ0v) is 19.6. The highest BCUT2D eigenvalue weighted by molar-refractivity contribution is 5.85. The molecule has 2 rings (SSSR count). The van der Waals surface area contributed by atoms with Crippen molar-refractivity contribution in [2.75, 3.05) is 19.6 Å². The lowest BCUT2D eigenvalue weighted by molar-refractivity contribution is -0.138. The Balaban J connectivity index is 1.77. The van der Waals surface area contributed by atoms with Crippen LogP contribution in [-0.4, -0.2) is 48.6 Å². The van der Waals surface area contributed by atoms with E-state index >= 15 is 0 Å². The first-order valence-electron chi connectivity index (χ1n) is 11.4. The van der Waals surface area contributed by atoms with Gasteiger partial charge in [0.1, 0.15) is 0 Å². The molecule has 0 aliphatic heterocycles. The number of carboxylic acid groups (broad SMARTS) is 1. The van der Waals surface area contributed by atoms with Gasteiger partial charge < -0.3 is 26.4 Å². The summed E-state index contributed by atoms with van der Waals surface area (Å²) in [5, 5.41) is 19.8. The van der Waals surface area contributed by atoms with Crippen molar-refractivity contribution in [2.24, 2.45) is 0 Å². The van der Waals surface area contributed by atoms with E-state index in [2.05, 4.69) is 27.8 Å². The minimum Gasteiger partial charge on any atom is -0.481 e. The number of amides is 4. The third-order valence-electron chi connectivity index (χ3n) is 5.10. The summed E-state index contributed by atoms with van der Waals surface area (Å²) in [4.78, 5) is 47.1. The van der Waals surface area contributed by atoms with Gasteiger partial charge in [0.25, 0.3) is 0 Å². The topological polar surface area (TPSA) is 137 Å². The number of urea groups is 1. The van der Waals surface area contributed by atoms with Crippen LogP contribution in [0.3, 0.4) is 0 Å². The second kappa shape index (κ2) is 14.9. The number of nitrogens with one attached hydrogen (secondary N) is 4. The molecule has 0 heterocycles. The summed E-state index contributed by atoms with van der Waals surface area (Å²) in [6.07, 6.45) is 2.66. The van der Waals surface area contributed by atoms with E-state index in [1.807, 2.05) is 42.5 Å². The smallest absolute Gasteiger partial charge is 0.315 e. The van der Waals surface area contributed by atoms with Crippen molar-refractivity contribution in [3.05, 3.63) is 72.8 Å². The van der Waals surface area contributed by atoms with E-state index in [1.165, 1.54) is 0 Å². The molecule has 2 aromatic carbocycles. The molecule has 0 fully saturated rings. The zero-order valence-electron chi connectivity index (χ0n) is 19.6. The van der Waals surface area contributed by atoms with Gasteiger partial charge in [-0.05, 0) is 29.5 Å². The normalized spacial score (nSPS) is 11.1. The molecule has 9 nitrogen and oxygen atoms in total. The molecule has 1 unspecified atom stereocenters. The van der Waals surface area contributed by atoms with Gasteiger partial charge in [0.05, 0.1) is 19.0 Å². The number of benzene rings is 2. The maximum Gasteiger partial charge on any atom is 0.315 e. The average molecular weight is 481 g/mol. The fraction of sp³-hybridized carbons (Fsp3) is 0.308. The molecule has 0 saturated heterocycles. The molecule has 0 aliphatic carbocycles. The second-order valence-corrected chi connectivity index (χ2v) is 7.87. The fourth-order valence-corrected chi connectivity index (χ4v) is 3.32. The summed E-state index contributed by atoms with van der Waals surface area (Å²) in [5.41, 5.74) is 2.68. The standard InChI is InChI=1S/C26H32N4O5/c1-2-15-27-26(35)28-16-7-6-10-23(31)29-18-24(32)30-22(17-25(33)34)21-13-11-20(12-14-21)19-8-4-3-5-9-19/h2-5,8-9,11-14,22H,1,6-7,10,15-18H2,(H,29,31)(H,30,32)(H,33,34)(H2,27,28,35). The predicted octanol–water partition coefficient (Wildman–Crippen LogP) is 2.76. The van der Waals surface area contributed by atoms with Crippen LogP contribution in [0.15, 0.2) is 67.3 Å². The van der Waals surface area contributed by atoms with Gasteiger partial charge in [-0.15, -0.1) is 6.58 Å². The number of carbonyl (C=O) groups is 4. The molecule has 4 amide bonds. The summed E-state index contributed by atoms with van der Waals surface area (Å²) in [7, 11) is 0. The van der Waals surface area contributed by atoms with Crippen LogP contribution in [0.1, 0.15) is 37.3 Å². The number of aliphatic carboxylic acids is 1. The molecule has 5 N–H and O–H groups in total. The zero-order chi connectivity index (χ0) is 25.5. The Morgan fingerprint density at radius 2 is 1.54 bits per heavy atom. The van der Waals surface area contributed by atoms with Gasteiger partial charge in [-0.3, -0.25) is 14.4 Å². The van der Waals surface area contributed by atoms with Crippen LogP contribution in [0.5, 0.6) is 0 Å². The van der Waals surface area contributed by atoms with Gasteiger partial charge in [0, 0.05) is 19.5 Å². The lowest BCUT2D eigenvalue weighted by atomic mass is 9.99. The molecular weight excluding hydrogens is 448 g/mol. The molecule has 0 aromatic heterocycles. The first-order chi connectivity index (χ1) is 16.9. The monoisotopic (exact) mass is 480 g/mol. The van der Waals surface area contributed by atoms with Gasteiger partial charge in [0.15, 0.2) is 0 Å². The number of carboxylic acids is 1. The van der Waals surface area contributed by atoms with Crippen LogP contribution >= 0.6 is 0 Å². The summed E-state index contributed by atoms with van der Waals surface area (Å²) >= 11 is 0. The van der Waals surface area contributed by atoms with Crippen LogP contribution in [0.4, 0.5) is 4.79 Å². The molecule has 9 heteroatoms. The predicted molar refractivity (Wildman–Crippen MR) is 133 cm³/mol. The van der Waals surface area contributed by atoms with Crippen LogP contribution in [0, 0.1) is 0 Å². The number of carbonyl (C=O) groups excluding carboxylic acids is 3. The van der Waals surface area contributed by atoms with Crippen LogP contribution in [0.25, 0.3) is 11.1 Å². The lowest BCUT2D eigenvalue weighted by Crippen LogP contribution is -2.39. The Kier molecular flexibility index (Phi) is 11.5. The third-order valence-corrected chi connectivity index (χ3v) is 5.10. The summed E-state index contributed by atoms with van der Waals surface area (Å²) in [6.45, 7) is 4.06. The van der Waals surface area contributed by atoms with Gasteiger partial charge in [-0.2, -0.15) is 0 Å². The van der Waals surface area contributed by atoms with E-state index in [0.717, 1.165) is 11.1 Å². The van der Waals surface area contributed by atoms with Crippen LogP contribution in [0.2, 0.25) is 0 Å². The minimum absolute atomic E-state index is 0.211. The molecule has 2 aromatic rings. The molecule has 186 valence electrons. The summed E-state index contributed by atoms with van der Waals surface area (Å²) < 4.78 is 0. The van der Waals surface area contributed by atoms with Crippen molar-refractivity contribution in [1.29, 1.82) is 0 Å². The van der Waals surface area contributed by atoms with E-state index in [0.29, 0.717) is 31.5 Å². The minimum atomic E-state index is -1.04. The Morgan fingerprint density at radius 3 is 2.20 bits per heavy atom. The first kappa shape index (κ1) is 27.1. The Bertz CT molecular complexity index is 993. The molecule has 0 bridgehead atoms. The maximum atomic E-state index is 12.4. The second-order valence-electron chi connectivity index (χ2n) is 7.87. The highest BCUT2D eigenvalue weighted by atomic mass is 16.4. The number of unbranched alkanes of at least 4 members (excludes halogenated alkanes) is 1. The number of hydrogen-bond donors (Lipinski definition) is 5. The van der Waals surface area contributed by atoms with Gasteiger partial charge in [0.2, 0.25) is 11.8 Å². The molecule has 0 spiro atoms. The van der Waals surface area contributed by atoms with Crippen molar-refractivity contribution in [3.8, 4) is 11.1 Å². The number of rotatable bonds is 14. The quantitative estimate of drug-likeness (QED) is 0.209. The van der Waals surface area contributed by atoms with Gasteiger partial charge in [-0.1, -0.05) is 60.7 Å².